The minimum absolute atomic E-state index is 0.0901. The molecule has 2 rings (SSSR count). The highest BCUT2D eigenvalue weighted by atomic mass is 32.2. The van der Waals surface area contributed by atoms with Gasteiger partial charge in [0.05, 0.1) is 10.8 Å². The van der Waals surface area contributed by atoms with Crippen molar-refractivity contribution in [2.45, 2.75) is 49.7 Å². The molecule has 1 unspecified atom stereocenters. The predicted molar refractivity (Wildman–Crippen MR) is 78.6 cm³/mol. The van der Waals surface area contributed by atoms with Crippen LogP contribution >= 0.6 is 0 Å². The van der Waals surface area contributed by atoms with Gasteiger partial charge in [-0.2, -0.15) is 0 Å². The first-order chi connectivity index (χ1) is 9.13. The molecule has 0 amide bonds. The van der Waals surface area contributed by atoms with Gasteiger partial charge < -0.3 is 0 Å². The SMILES string of the molecule is CCCCC1=CC[C@H](S(=O)c2ccc(C)cc2)C1=O. The third-order valence-corrected chi connectivity index (χ3v) is 5.16. The van der Waals surface area contributed by atoms with Crippen molar-refractivity contribution in [2.75, 3.05) is 0 Å². The Morgan fingerprint density at radius 3 is 2.58 bits per heavy atom. The largest absolute Gasteiger partial charge is 0.293 e. The van der Waals surface area contributed by atoms with Gasteiger partial charge >= 0.3 is 0 Å². The molecule has 0 saturated carbocycles. The normalized spacial score (nSPS) is 20.4. The molecule has 2 nitrogen and oxygen atoms in total. The minimum atomic E-state index is -1.22. The lowest BCUT2D eigenvalue weighted by Gasteiger charge is -2.10. The molecule has 1 aliphatic rings. The number of ketones is 1. The van der Waals surface area contributed by atoms with Crippen molar-refractivity contribution in [3.05, 3.63) is 41.5 Å². The third kappa shape index (κ3) is 3.21. The highest BCUT2D eigenvalue weighted by Crippen LogP contribution is 2.26. The van der Waals surface area contributed by atoms with Gasteiger partial charge in [-0.15, -0.1) is 0 Å². The van der Waals surface area contributed by atoms with E-state index in [1.165, 1.54) is 0 Å². The van der Waals surface area contributed by atoms with Crippen molar-refractivity contribution in [1.82, 2.24) is 0 Å². The maximum atomic E-state index is 12.4. The first-order valence-corrected chi connectivity index (χ1v) is 8.05. The predicted octanol–water partition coefficient (Wildman–Crippen LogP) is 3.56. The molecule has 0 saturated heterocycles. The molecule has 0 spiro atoms. The maximum absolute atomic E-state index is 12.4. The number of Topliss-reactive ketones (excluding diaryl/α,β-unsaturated/α-hetero) is 1. The summed E-state index contributed by atoms with van der Waals surface area (Å²) in [7, 11) is -1.22. The zero-order valence-electron chi connectivity index (χ0n) is 11.5. The molecule has 0 bridgehead atoms. The molecular weight excluding hydrogens is 256 g/mol. The van der Waals surface area contributed by atoms with Gasteiger partial charge in [-0.3, -0.25) is 9.00 Å². The number of aryl methyl sites for hydroxylation is 1. The number of hydrogen-bond donors (Lipinski definition) is 0. The number of carbonyl (C=O) groups is 1. The number of benzene rings is 1. The van der Waals surface area contributed by atoms with E-state index < -0.39 is 10.8 Å². The Balaban J connectivity index is 2.06. The maximum Gasteiger partial charge on any atom is 0.174 e. The fourth-order valence-corrected chi connectivity index (χ4v) is 3.63. The van der Waals surface area contributed by atoms with Crippen molar-refractivity contribution >= 4 is 16.6 Å². The molecule has 1 aromatic rings. The average molecular weight is 276 g/mol. The summed E-state index contributed by atoms with van der Waals surface area (Å²) in [6.45, 7) is 4.11. The fourth-order valence-electron chi connectivity index (χ4n) is 2.28. The molecule has 3 heteroatoms. The van der Waals surface area contributed by atoms with Crippen LogP contribution in [0.3, 0.4) is 0 Å². The first-order valence-electron chi connectivity index (χ1n) is 6.84. The van der Waals surface area contributed by atoms with Crippen LogP contribution in [0.4, 0.5) is 0 Å². The second kappa shape index (κ2) is 6.29. The van der Waals surface area contributed by atoms with Crippen LogP contribution in [-0.2, 0) is 15.6 Å². The zero-order valence-corrected chi connectivity index (χ0v) is 12.3. The van der Waals surface area contributed by atoms with Gasteiger partial charge in [0, 0.05) is 4.90 Å². The molecule has 0 fully saturated rings. The Labute approximate surface area is 117 Å². The van der Waals surface area contributed by atoms with E-state index in [9.17, 15) is 9.00 Å². The van der Waals surface area contributed by atoms with Crippen molar-refractivity contribution < 1.29 is 9.00 Å². The van der Waals surface area contributed by atoms with E-state index in [2.05, 4.69) is 6.92 Å². The van der Waals surface area contributed by atoms with Crippen molar-refractivity contribution in [3.63, 3.8) is 0 Å². The smallest absolute Gasteiger partial charge is 0.174 e. The molecule has 0 aliphatic heterocycles. The van der Waals surface area contributed by atoms with E-state index in [1.54, 1.807) is 0 Å². The Morgan fingerprint density at radius 1 is 1.26 bits per heavy atom. The summed E-state index contributed by atoms with van der Waals surface area (Å²) in [4.78, 5) is 13.0. The van der Waals surface area contributed by atoms with Crippen LogP contribution < -0.4 is 0 Å². The van der Waals surface area contributed by atoms with E-state index in [0.717, 1.165) is 35.3 Å². The fraction of sp³-hybridized carbons (Fsp3) is 0.438. The van der Waals surface area contributed by atoms with Gasteiger partial charge in [-0.1, -0.05) is 37.1 Å². The summed E-state index contributed by atoms with van der Waals surface area (Å²) in [5.41, 5.74) is 2.02. The standard InChI is InChI=1S/C16H20O2S/c1-3-4-5-13-8-11-15(16(13)17)19(18)14-9-6-12(2)7-10-14/h6-10,15H,3-5,11H2,1-2H3/t15-,19?/m0/s1. The summed E-state index contributed by atoms with van der Waals surface area (Å²) in [5.74, 6) is 0.0901. The summed E-state index contributed by atoms with van der Waals surface area (Å²) in [6, 6.07) is 7.61. The third-order valence-electron chi connectivity index (χ3n) is 3.50. The van der Waals surface area contributed by atoms with Crippen LogP contribution in [0.5, 0.6) is 0 Å². The van der Waals surface area contributed by atoms with Gasteiger partial charge in [0.25, 0.3) is 0 Å². The zero-order chi connectivity index (χ0) is 13.8. The molecule has 0 heterocycles. The van der Waals surface area contributed by atoms with Gasteiger partial charge in [0.1, 0.15) is 5.25 Å². The molecule has 1 aromatic carbocycles. The topological polar surface area (TPSA) is 34.1 Å². The van der Waals surface area contributed by atoms with E-state index in [4.69, 9.17) is 0 Å². The summed E-state index contributed by atoms with van der Waals surface area (Å²) in [5, 5.41) is -0.366. The second-order valence-electron chi connectivity index (χ2n) is 5.03. The minimum Gasteiger partial charge on any atom is -0.293 e. The van der Waals surface area contributed by atoms with Crippen molar-refractivity contribution in [1.29, 1.82) is 0 Å². The number of rotatable bonds is 5. The van der Waals surface area contributed by atoms with Crippen molar-refractivity contribution in [3.8, 4) is 0 Å². The Bertz CT molecular complexity index is 514. The molecule has 0 N–H and O–H groups in total. The van der Waals surface area contributed by atoms with Gasteiger partial charge in [-0.05, 0) is 43.9 Å². The molecule has 2 atom stereocenters. The monoisotopic (exact) mass is 276 g/mol. The number of carbonyl (C=O) groups excluding carboxylic acids is 1. The van der Waals surface area contributed by atoms with E-state index in [-0.39, 0.29) is 11.0 Å². The number of allylic oxidation sites excluding steroid dienone is 2. The van der Waals surface area contributed by atoms with Gasteiger partial charge in [0.2, 0.25) is 0 Å². The summed E-state index contributed by atoms with van der Waals surface area (Å²) >= 11 is 0. The Hall–Kier alpha value is -1.22. The summed E-state index contributed by atoms with van der Waals surface area (Å²) < 4.78 is 12.4. The molecular formula is C16H20O2S. The Morgan fingerprint density at radius 2 is 1.95 bits per heavy atom. The van der Waals surface area contributed by atoms with Crippen LogP contribution in [-0.4, -0.2) is 15.2 Å². The Kier molecular flexibility index (Phi) is 4.70. The lowest BCUT2D eigenvalue weighted by Crippen LogP contribution is -2.22. The van der Waals surface area contributed by atoms with Crippen LogP contribution in [0.1, 0.15) is 38.2 Å². The quantitative estimate of drug-likeness (QED) is 0.824. The molecule has 19 heavy (non-hydrogen) atoms. The second-order valence-corrected chi connectivity index (χ2v) is 6.67. The van der Waals surface area contributed by atoms with Crippen molar-refractivity contribution in [2.24, 2.45) is 0 Å². The number of hydrogen-bond acceptors (Lipinski definition) is 2. The molecule has 0 aromatic heterocycles. The van der Waals surface area contributed by atoms with Crippen LogP contribution in [0.15, 0.2) is 40.8 Å². The summed E-state index contributed by atoms with van der Waals surface area (Å²) in [6.07, 6.45) is 5.54. The lowest BCUT2D eigenvalue weighted by atomic mass is 10.1. The number of unbranched alkanes of at least 4 members (excludes halogenated alkanes) is 1. The molecule has 0 radical (unpaired) electrons. The van der Waals surface area contributed by atoms with Crippen LogP contribution in [0.2, 0.25) is 0 Å². The first kappa shape index (κ1) is 14.2. The molecule has 1 aliphatic carbocycles. The lowest BCUT2D eigenvalue weighted by molar-refractivity contribution is -0.114. The molecule has 102 valence electrons. The van der Waals surface area contributed by atoms with E-state index in [0.29, 0.717) is 6.42 Å². The average Bonchev–Trinajstić information content (AvgIpc) is 2.78. The highest BCUT2D eigenvalue weighted by Gasteiger charge is 2.32. The van der Waals surface area contributed by atoms with Gasteiger partial charge in [0.15, 0.2) is 5.78 Å². The van der Waals surface area contributed by atoms with Gasteiger partial charge in [-0.25, -0.2) is 0 Å². The van der Waals surface area contributed by atoms with E-state index in [1.807, 2.05) is 37.3 Å². The highest BCUT2D eigenvalue weighted by molar-refractivity contribution is 7.86. The van der Waals surface area contributed by atoms with Crippen LogP contribution in [0, 0.1) is 6.92 Å². The van der Waals surface area contributed by atoms with Crippen LogP contribution in [0.25, 0.3) is 0 Å². The van der Waals surface area contributed by atoms with E-state index >= 15 is 0 Å².